The number of fused-ring (bicyclic) bond motifs is 1. The zero-order chi connectivity index (χ0) is 21.3. The maximum absolute atomic E-state index is 13.3. The van der Waals surface area contributed by atoms with Gasteiger partial charge in [-0.3, -0.25) is 14.2 Å². The highest BCUT2D eigenvalue weighted by atomic mass is 19.1. The minimum absolute atomic E-state index is 0.0114. The zero-order valence-electron chi connectivity index (χ0n) is 16.8. The van der Waals surface area contributed by atoms with Gasteiger partial charge in [-0.05, 0) is 61.4 Å². The van der Waals surface area contributed by atoms with Gasteiger partial charge in [0, 0.05) is 12.2 Å². The number of aromatic hydroxyl groups is 1. The molecule has 0 saturated heterocycles. The molecule has 2 N–H and O–H groups in total. The molecule has 2 heterocycles. The Kier molecular flexibility index (Phi) is 5.53. The van der Waals surface area contributed by atoms with Crippen molar-refractivity contribution >= 4 is 16.9 Å². The van der Waals surface area contributed by atoms with Crippen LogP contribution in [0.3, 0.4) is 0 Å². The topological polar surface area (TPSA) is 84.2 Å². The van der Waals surface area contributed by atoms with Crippen LogP contribution in [0, 0.1) is 11.7 Å². The van der Waals surface area contributed by atoms with Crippen molar-refractivity contribution in [2.45, 2.75) is 45.2 Å². The summed E-state index contributed by atoms with van der Waals surface area (Å²) < 4.78 is 14.6. The lowest BCUT2D eigenvalue weighted by atomic mass is 9.87. The van der Waals surface area contributed by atoms with Crippen LogP contribution in [0.25, 0.3) is 11.0 Å². The van der Waals surface area contributed by atoms with E-state index in [4.69, 9.17) is 0 Å². The van der Waals surface area contributed by atoms with Crippen molar-refractivity contribution < 1.29 is 14.3 Å². The molecule has 0 atom stereocenters. The predicted octanol–water partition coefficient (Wildman–Crippen LogP) is 3.60. The van der Waals surface area contributed by atoms with Crippen LogP contribution in [-0.2, 0) is 6.54 Å². The number of aromatic nitrogens is 2. The average Bonchev–Trinajstić information content (AvgIpc) is 2.74. The van der Waals surface area contributed by atoms with Crippen molar-refractivity contribution in [3.63, 3.8) is 0 Å². The van der Waals surface area contributed by atoms with Gasteiger partial charge in [0.2, 0.25) is 0 Å². The summed E-state index contributed by atoms with van der Waals surface area (Å²) in [6.45, 7) is 2.29. The molecule has 0 radical (unpaired) electrons. The Morgan fingerprint density at radius 1 is 1.20 bits per heavy atom. The number of amides is 1. The summed E-state index contributed by atoms with van der Waals surface area (Å²) in [4.78, 5) is 30.5. The molecule has 6 nitrogen and oxygen atoms in total. The van der Waals surface area contributed by atoms with E-state index in [0.717, 1.165) is 25.7 Å². The second kappa shape index (κ2) is 8.26. The Bertz CT molecular complexity index is 1130. The van der Waals surface area contributed by atoms with Crippen LogP contribution >= 0.6 is 0 Å². The van der Waals surface area contributed by atoms with Gasteiger partial charge in [-0.1, -0.05) is 19.1 Å². The number of carbonyl (C=O) groups is 1. The number of nitrogens with zero attached hydrogens (tertiary/aromatic N) is 2. The van der Waals surface area contributed by atoms with Crippen LogP contribution in [0.5, 0.6) is 5.75 Å². The minimum Gasteiger partial charge on any atom is -0.506 e. The lowest BCUT2D eigenvalue weighted by molar-refractivity contribution is 0.0918. The lowest BCUT2D eigenvalue weighted by Crippen LogP contribution is -2.40. The molecule has 4 rings (SSSR count). The highest BCUT2D eigenvalue weighted by Crippen LogP contribution is 2.27. The molecule has 156 valence electrons. The highest BCUT2D eigenvalue weighted by molar-refractivity contribution is 6.01. The molecule has 0 unspecified atom stereocenters. The predicted molar refractivity (Wildman–Crippen MR) is 112 cm³/mol. The van der Waals surface area contributed by atoms with Gasteiger partial charge in [0.25, 0.3) is 11.5 Å². The molecule has 1 aliphatic carbocycles. The summed E-state index contributed by atoms with van der Waals surface area (Å²) >= 11 is 0. The molecule has 2 aromatic heterocycles. The minimum atomic E-state index is -0.621. The van der Waals surface area contributed by atoms with E-state index in [1.807, 2.05) is 0 Å². The Morgan fingerprint density at radius 3 is 2.60 bits per heavy atom. The highest BCUT2D eigenvalue weighted by Gasteiger charge is 2.26. The van der Waals surface area contributed by atoms with Gasteiger partial charge < -0.3 is 10.4 Å². The molecule has 3 aromatic rings. The smallest absolute Gasteiger partial charge is 0.269 e. The average molecular weight is 409 g/mol. The van der Waals surface area contributed by atoms with Crippen molar-refractivity contribution in [2.75, 3.05) is 0 Å². The molecule has 1 aromatic carbocycles. The van der Waals surface area contributed by atoms with E-state index < -0.39 is 11.5 Å². The molecular formula is C23H24FN3O3. The number of carbonyl (C=O) groups excluding carboxylic acids is 1. The number of hydrogen-bond donors (Lipinski definition) is 2. The van der Waals surface area contributed by atoms with E-state index in [0.29, 0.717) is 16.9 Å². The molecule has 0 aliphatic heterocycles. The van der Waals surface area contributed by atoms with Gasteiger partial charge in [-0.15, -0.1) is 0 Å². The fourth-order valence-corrected chi connectivity index (χ4v) is 4.05. The van der Waals surface area contributed by atoms with Crippen LogP contribution < -0.4 is 10.9 Å². The fourth-order valence-electron chi connectivity index (χ4n) is 4.05. The largest absolute Gasteiger partial charge is 0.506 e. The second-order valence-electron chi connectivity index (χ2n) is 8.05. The Balaban J connectivity index is 1.75. The first-order valence-electron chi connectivity index (χ1n) is 10.2. The van der Waals surface area contributed by atoms with E-state index >= 15 is 0 Å². The number of rotatable bonds is 4. The molecule has 1 fully saturated rings. The van der Waals surface area contributed by atoms with Crippen LogP contribution in [0.15, 0.2) is 47.4 Å². The SMILES string of the molecule is C[C@H]1CC[C@@H](NC(=O)c2c(O)c3cccnc3n(Cc3ccc(F)cc3)c2=O)CC1. The fraction of sp³-hybridized carbons (Fsp3) is 0.348. The molecule has 30 heavy (non-hydrogen) atoms. The molecule has 0 bridgehead atoms. The third kappa shape index (κ3) is 3.92. The Labute approximate surface area is 173 Å². The first-order valence-corrected chi connectivity index (χ1v) is 10.2. The lowest BCUT2D eigenvalue weighted by Gasteiger charge is -2.27. The first kappa shape index (κ1) is 20.1. The number of benzene rings is 1. The van der Waals surface area contributed by atoms with Crippen molar-refractivity contribution in [1.29, 1.82) is 0 Å². The molecule has 0 spiro atoms. The van der Waals surface area contributed by atoms with Crippen molar-refractivity contribution in [2.24, 2.45) is 5.92 Å². The summed E-state index contributed by atoms with van der Waals surface area (Å²) in [6, 6.07) is 9.03. The summed E-state index contributed by atoms with van der Waals surface area (Å²) in [5.41, 5.74) is 0.0528. The van der Waals surface area contributed by atoms with Crippen molar-refractivity contribution in [3.05, 3.63) is 69.9 Å². The van der Waals surface area contributed by atoms with Crippen LogP contribution in [0.4, 0.5) is 4.39 Å². The van der Waals surface area contributed by atoms with E-state index in [1.54, 1.807) is 24.3 Å². The first-order chi connectivity index (χ1) is 14.4. The van der Waals surface area contributed by atoms with Gasteiger partial charge in [0.05, 0.1) is 11.9 Å². The molecular weight excluding hydrogens is 385 g/mol. The molecule has 7 heteroatoms. The van der Waals surface area contributed by atoms with E-state index in [1.165, 1.54) is 22.9 Å². The van der Waals surface area contributed by atoms with E-state index in [2.05, 4.69) is 17.2 Å². The summed E-state index contributed by atoms with van der Waals surface area (Å²) in [6.07, 6.45) is 5.27. The third-order valence-corrected chi connectivity index (χ3v) is 5.83. The summed E-state index contributed by atoms with van der Waals surface area (Å²) in [7, 11) is 0. The maximum Gasteiger partial charge on any atom is 0.269 e. The Morgan fingerprint density at radius 2 is 1.90 bits per heavy atom. The van der Waals surface area contributed by atoms with Crippen molar-refractivity contribution in [1.82, 2.24) is 14.9 Å². The van der Waals surface area contributed by atoms with Crippen LogP contribution in [-0.4, -0.2) is 26.6 Å². The van der Waals surface area contributed by atoms with Crippen molar-refractivity contribution in [3.8, 4) is 5.75 Å². The molecule has 1 saturated carbocycles. The molecule has 1 amide bonds. The van der Waals surface area contributed by atoms with Gasteiger partial charge in [-0.25, -0.2) is 9.37 Å². The maximum atomic E-state index is 13.3. The van der Waals surface area contributed by atoms with Gasteiger partial charge in [0.1, 0.15) is 22.8 Å². The zero-order valence-corrected chi connectivity index (χ0v) is 16.8. The normalized spacial score (nSPS) is 19.0. The van der Waals surface area contributed by atoms with Gasteiger partial charge in [-0.2, -0.15) is 0 Å². The number of pyridine rings is 2. The summed E-state index contributed by atoms with van der Waals surface area (Å²) in [5.74, 6) is -0.677. The molecule has 1 aliphatic rings. The number of nitrogens with one attached hydrogen (secondary N) is 1. The van der Waals surface area contributed by atoms with Gasteiger partial charge >= 0.3 is 0 Å². The standard InChI is InChI=1S/C23H24FN3O3/c1-14-4-10-17(11-5-14)26-22(29)19-20(28)18-3-2-12-25-21(18)27(23(19)30)13-15-6-8-16(24)9-7-15/h2-3,6-9,12,14,17,28H,4-5,10-11,13H2,1H3,(H,26,29)/t14-,17+. The van der Waals surface area contributed by atoms with Gasteiger partial charge in [0.15, 0.2) is 0 Å². The number of hydrogen-bond acceptors (Lipinski definition) is 4. The quantitative estimate of drug-likeness (QED) is 0.690. The van der Waals surface area contributed by atoms with E-state index in [-0.39, 0.29) is 35.4 Å². The third-order valence-electron chi connectivity index (χ3n) is 5.83. The monoisotopic (exact) mass is 409 g/mol. The number of halogens is 1. The van der Waals surface area contributed by atoms with Crippen LogP contribution in [0.2, 0.25) is 0 Å². The van der Waals surface area contributed by atoms with Crippen LogP contribution in [0.1, 0.15) is 48.5 Å². The Hall–Kier alpha value is -3.22. The van der Waals surface area contributed by atoms with E-state index in [9.17, 15) is 19.1 Å². The second-order valence-corrected chi connectivity index (χ2v) is 8.05. The summed E-state index contributed by atoms with van der Waals surface area (Å²) in [5, 5.41) is 14.0.